The molecule has 6 nitrogen and oxygen atoms in total. The van der Waals surface area contributed by atoms with Crippen molar-refractivity contribution in [3.63, 3.8) is 0 Å². The fraction of sp³-hybridized carbons (Fsp3) is 0.381. The maximum absolute atomic E-state index is 13.1. The molecular weight excluding hydrogens is 340 g/mol. The van der Waals surface area contributed by atoms with E-state index in [1.54, 1.807) is 18.1 Å². The molecule has 0 bridgehead atoms. The fourth-order valence-corrected chi connectivity index (χ4v) is 3.52. The highest BCUT2D eigenvalue weighted by atomic mass is 16.2. The molecule has 142 valence electrons. The van der Waals surface area contributed by atoms with Crippen LogP contribution in [0.5, 0.6) is 0 Å². The standard InChI is InChI=1S/C21H26N4O2/c1-22-20(26)17-9-11-25(14-17)21(27)19-18(8-5-10-23-19)16-7-4-6-15(12-16)13-24(2)3/h4-8,10,12,17H,9,11,13-14H2,1-3H3,(H,22,26)/t17-/m1/s1. The van der Waals surface area contributed by atoms with Crippen molar-refractivity contribution in [2.45, 2.75) is 13.0 Å². The summed E-state index contributed by atoms with van der Waals surface area (Å²) in [4.78, 5) is 33.2. The van der Waals surface area contributed by atoms with Crippen molar-refractivity contribution in [3.05, 3.63) is 53.9 Å². The van der Waals surface area contributed by atoms with Crippen LogP contribution >= 0.6 is 0 Å². The number of hydrogen-bond donors (Lipinski definition) is 1. The van der Waals surface area contributed by atoms with Gasteiger partial charge in [0.2, 0.25) is 5.91 Å². The summed E-state index contributed by atoms with van der Waals surface area (Å²) in [6.45, 7) is 1.85. The summed E-state index contributed by atoms with van der Waals surface area (Å²) < 4.78 is 0. The molecule has 0 saturated carbocycles. The highest BCUT2D eigenvalue weighted by Crippen LogP contribution is 2.26. The molecule has 2 aromatic rings. The molecule has 0 spiro atoms. The van der Waals surface area contributed by atoms with Gasteiger partial charge in [0.25, 0.3) is 5.91 Å². The maximum Gasteiger partial charge on any atom is 0.273 e. The van der Waals surface area contributed by atoms with E-state index in [4.69, 9.17) is 0 Å². The largest absolute Gasteiger partial charge is 0.359 e. The van der Waals surface area contributed by atoms with Crippen molar-refractivity contribution in [1.82, 2.24) is 20.1 Å². The van der Waals surface area contributed by atoms with Gasteiger partial charge in [0, 0.05) is 38.4 Å². The van der Waals surface area contributed by atoms with Crippen LogP contribution < -0.4 is 5.32 Å². The molecule has 2 heterocycles. The lowest BCUT2D eigenvalue weighted by atomic mass is 10.0. The number of nitrogens with zero attached hydrogens (tertiary/aromatic N) is 3. The summed E-state index contributed by atoms with van der Waals surface area (Å²) >= 11 is 0. The Balaban J connectivity index is 1.86. The minimum atomic E-state index is -0.144. The third kappa shape index (κ3) is 4.34. The van der Waals surface area contributed by atoms with Gasteiger partial charge < -0.3 is 15.1 Å². The third-order valence-corrected chi connectivity index (χ3v) is 4.84. The van der Waals surface area contributed by atoms with Gasteiger partial charge in [-0.2, -0.15) is 0 Å². The lowest BCUT2D eigenvalue weighted by Gasteiger charge is -2.18. The van der Waals surface area contributed by atoms with Crippen LogP contribution in [0.3, 0.4) is 0 Å². The summed E-state index contributed by atoms with van der Waals surface area (Å²) in [5.74, 6) is -0.271. The first-order valence-electron chi connectivity index (χ1n) is 9.19. The maximum atomic E-state index is 13.1. The molecule has 1 saturated heterocycles. The van der Waals surface area contributed by atoms with E-state index in [-0.39, 0.29) is 17.7 Å². The van der Waals surface area contributed by atoms with Gasteiger partial charge in [-0.1, -0.05) is 24.3 Å². The Morgan fingerprint density at radius 3 is 2.81 bits per heavy atom. The molecule has 1 aromatic heterocycles. The van der Waals surface area contributed by atoms with Crippen molar-refractivity contribution in [3.8, 4) is 11.1 Å². The van der Waals surface area contributed by atoms with Crippen molar-refractivity contribution in [2.24, 2.45) is 5.92 Å². The smallest absolute Gasteiger partial charge is 0.273 e. The number of pyridine rings is 1. The number of nitrogens with one attached hydrogen (secondary N) is 1. The van der Waals surface area contributed by atoms with E-state index in [9.17, 15) is 9.59 Å². The topological polar surface area (TPSA) is 65.5 Å². The summed E-state index contributed by atoms with van der Waals surface area (Å²) in [5.41, 5.74) is 3.43. The predicted octanol–water partition coefficient (Wildman–Crippen LogP) is 2.02. The van der Waals surface area contributed by atoms with Gasteiger partial charge in [0.1, 0.15) is 5.69 Å². The predicted molar refractivity (Wildman–Crippen MR) is 105 cm³/mol. The highest BCUT2D eigenvalue weighted by Gasteiger charge is 2.32. The molecule has 0 radical (unpaired) electrons. The minimum Gasteiger partial charge on any atom is -0.359 e. The summed E-state index contributed by atoms with van der Waals surface area (Å²) in [7, 11) is 5.69. The second kappa shape index (κ2) is 8.31. The van der Waals surface area contributed by atoms with Gasteiger partial charge in [-0.3, -0.25) is 14.6 Å². The lowest BCUT2D eigenvalue weighted by Crippen LogP contribution is -2.33. The molecule has 1 aliphatic rings. The molecule has 3 rings (SSSR count). The summed E-state index contributed by atoms with van der Waals surface area (Å²) in [5, 5.41) is 2.67. The zero-order valence-electron chi connectivity index (χ0n) is 16.1. The number of carbonyl (C=O) groups is 2. The number of hydrogen-bond acceptors (Lipinski definition) is 4. The Hall–Kier alpha value is -2.73. The van der Waals surface area contributed by atoms with Crippen molar-refractivity contribution < 1.29 is 9.59 Å². The Bertz CT molecular complexity index is 834. The molecule has 6 heteroatoms. The van der Waals surface area contributed by atoms with Crippen molar-refractivity contribution in [2.75, 3.05) is 34.2 Å². The molecule has 27 heavy (non-hydrogen) atoms. The van der Waals surface area contributed by atoms with Crippen molar-refractivity contribution >= 4 is 11.8 Å². The Kier molecular flexibility index (Phi) is 5.86. The van der Waals surface area contributed by atoms with Gasteiger partial charge in [-0.25, -0.2) is 0 Å². The second-order valence-electron chi connectivity index (χ2n) is 7.19. The molecular formula is C21H26N4O2. The molecule has 1 aromatic carbocycles. The third-order valence-electron chi connectivity index (χ3n) is 4.84. The summed E-state index contributed by atoms with van der Waals surface area (Å²) in [6, 6.07) is 12.0. The van der Waals surface area contributed by atoms with E-state index in [1.165, 1.54) is 5.56 Å². The van der Waals surface area contributed by atoms with Crippen molar-refractivity contribution in [1.29, 1.82) is 0 Å². The molecule has 1 atom stereocenters. The van der Waals surface area contributed by atoms with Gasteiger partial charge in [-0.05, 0) is 43.8 Å². The molecule has 1 N–H and O–H groups in total. The molecule has 1 aliphatic heterocycles. The lowest BCUT2D eigenvalue weighted by molar-refractivity contribution is -0.124. The first-order valence-corrected chi connectivity index (χ1v) is 9.19. The quantitative estimate of drug-likeness (QED) is 0.879. The van der Waals surface area contributed by atoms with Gasteiger partial charge in [0.05, 0.1) is 5.92 Å². The Labute approximate surface area is 160 Å². The van der Waals surface area contributed by atoms with Gasteiger partial charge in [0.15, 0.2) is 0 Å². The number of carbonyl (C=O) groups excluding carboxylic acids is 2. The van der Waals surface area contributed by atoms with Crippen LogP contribution in [0.4, 0.5) is 0 Å². The van der Waals surface area contributed by atoms with E-state index >= 15 is 0 Å². The first kappa shape index (κ1) is 19.0. The molecule has 2 amide bonds. The summed E-state index contributed by atoms with van der Waals surface area (Å²) in [6.07, 6.45) is 2.33. The van der Waals surface area contributed by atoms with Crippen LogP contribution in [-0.4, -0.2) is 60.8 Å². The van der Waals surface area contributed by atoms with Crippen LogP contribution in [0.2, 0.25) is 0 Å². The first-order chi connectivity index (χ1) is 13.0. The minimum absolute atomic E-state index is 0.0112. The normalized spacial score (nSPS) is 16.6. The number of benzene rings is 1. The average molecular weight is 366 g/mol. The van der Waals surface area contributed by atoms with Crippen LogP contribution in [-0.2, 0) is 11.3 Å². The number of aromatic nitrogens is 1. The van der Waals surface area contributed by atoms with E-state index in [1.807, 2.05) is 38.4 Å². The second-order valence-corrected chi connectivity index (χ2v) is 7.19. The molecule has 1 fully saturated rings. The van der Waals surface area contributed by atoms with E-state index in [2.05, 4.69) is 27.3 Å². The number of likely N-dealkylation sites (tertiary alicyclic amines) is 1. The fourth-order valence-electron chi connectivity index (χ4n) is 3.52. The van der Waals surface area contributed by atoms with Crippen LogP contribution in [0, 0.1) is 5.92 Å². The van der Waals surface area contributed by atoms with Crippen LogP contribution in [0.25, 0.3) is 11.1 Å². The van der Waals surface area contributed by atoms with E-state index in [0.29, 0.717) is 25.2 Å². The highest BCUT2D eigenvalue weighted by molar-refractivity contribution is 5.99. The van der Waals surface area contributed by atoms with Gasteiger partial charge >= 0.3 is 0 Å². The monoisotopic (exact) mass is 366 g/mol. The Morgan fingerprint density at radius 2 is 2.07 bits per heavy atom. The zero-order chi connectivity index (χ0) is 19.4. The average Bonchev–Trinajstić information content (AvgIpc) is 3.16. The molecule has 0 aliphatic carbocycles. The van der Waals surface area contributed by atoms with E-state index < -0.39 is 0 Å². The van der Waals surface area contributed by atoms with Crippen LogP contribution in [0.15, 0.2) is 42.6 Å². The van der Waals surface area contributed by atoms with Crippen LogP contribution in [0.1, 0.15) is 22.5 Å². The number of rotatable bonds is 5. The number of amides is 2. The van der Waals surface area contributed by atoms with Gasteiger partial charge in [-0.15, -0.1) is 0 Å². The SMILES string of the molecule is CNC(=O)[C@@H]1CCN(C(=O)c2ncccc2-c2cccc(CN(C)C)c2)C1. The Morgan fingerprint density at radius 1 is 1.26 bits per heavy atom. The van der Waals surface area contributed by atoms with E-state index in [0.717, 1.165) is 17.7 Å². The zero-order valence-corrected chi connectivity index (χ0v) is 16.1. The molecule has 0 unspecified atom stereocenters.